The van der Waals surface area contributed by atoms with E-state index in [4.69, 9.17) is 5.11 Å². The fourth-order valence-corrected chi connectivity index (χ4v) is 1.95. The van der Waals surface area contributed by atoms with Crippen LogP contribution in [0.2, 0.25) is 0 Å². The number of para-hydroxylation sites is 1. The molecule has 1 aromatic carbocycles. The number of aromatic nitrogens is 1. The van der Waals surface area contributed by atoms with Crippen LogP contribution in [0, 0.1) is 5.92 Å². The van der Waals surface area contributed by atoms with E-state index in [1.807, 2.05) is 43.3 Å². The van der Waals surface area contributed by atoms with Gasteiger partial charge in [-0.15, -0.1) is 0 Å². The first-order chi connectivity index (χ1) is 8.15. The molecule has 3 nitrogen and oxygen atoms in total. The molecule has 1 unspecified atom stereocenters. The third kappa shape index (κ3) is 3.03. The van der Waals surface area contributed by atoms with Crippen molar-refractivity contribution in [3.05, 3.63) is 42.1 Å². The van der Waals surface area contributed by atoms with E-state index in [0.717, 1.165) is 16.6 Å². The average molecular weight is 229 g/mol. The molecule has 0 bridgehead atoms. The molecule has 0 aliphatic rings. The van der Waals surface area contributed by atoms with Gasteiger partial charge in [0.05, 0.1) is 5.52 Å². The number of pyridine rings is 1. The van der Waals surface area contributed by atoms with Gasteiger partial charge >= 0.3 is 5.97 Å². The summed E-state index contributed by atoms with van der Waals surface area (Å²) in [6.07, 6.45) is 0.894. The van der Waals surface area contributed by atoms with Gasteiger partial charge in [0.25, 0.3) is 0 Å². The summed E-state index contributed by atoms with van der Waals surface area (Å²) in [5, 5.41) is 9.83. The van der Waals surface area contributed by atoms with Crippen molar-refractivity contribution in [1.29, 1.82) is 0 Å². The summed E-state index contributed by atoms with van der Waals surface area (Å²) in [7, 11) is 0. The molecule has 0 aliphatic carbocycles. The molecular weight excluding hydrogens is 214 g/mol. The Bertz CT molecular complexity index is 536. The van der Waals surface area contributed by atoms with Gasteiger partial charge in [-0.3, -0.25) is 9.78 Å². The molecule has 1 atom stereocenters. The maximum absolute atomic E-state index is 10.6. The Morgan fingerprint density at radius 1 is 1.29 bits per heavy atom. The molecule has 1 heterocycles. The summed E-state index contributed by atoms with van der Waals surface area (Å²) < 4.78 is 0. The number of hydrogen-bond donors (Lipinski definition) is 1. The van der Waals surface area contributed by atoms with Crippen molar-refractivity contribution in [3.8, 4) is 0 Å². The molecule has 0 aliphatic heterocycles. The molecule has 0 spiro atoms. The number of benzene rings is 1. The van der Waals surface area contributed by atoms with Gasteiger partial charge in [-0.25, -0.2) is 0 Å². The lowest BCUT2D eigenvalue weighted by molar-refractivity contribution is -0.137. The summed E-state index contributed by atoms with van der Waals surface area (Å²) in [6.45, 7) is 1.94. The minimum absolute atomic E-state index is 0.112. The van der Waals surface area contributed by atoms with Crippen LogP contribution in [0.25, 0.3) is 10.9 Å². The molecular formula is C14H15NO2. The molecule has 1 N–H and O–H groups in total. The lowest BCUT2D eigenvalue weighted by Crippen LogP contribution is -2.07. The van der Waals surface area contributed by atoms with E-state index in [1.165, 1.54) is 0 Å². The predicted molar refractivity (Wildman–Crippen MR) is 66.9 cm³/mol. The van der Waals surface area contributed by atoms with Gasteiger partial charge in [0, 0.05) is 17.5 Å². The summed E-state index contributed by atoms with van der Waals surface area (Å²) in [5.74, 6) is -0.639. The number of carboxylic acid groups (broad SMARTS) is 1. The SMILES string of the molecule is CC(CC(=O)O)Cc1ccc2ccccc2n1. The number of carbonyl (C=O) groups is 1. The highest BCUT2D eigenvalue weighted by Gasteiger charge is 2.09. The predicted octanol–water partition coefficient (Wildman–Crippen LogP) is 2.89. The van der Waals surface area contributed by atoms with Crippen LogP contribution in [0.5, 0.6) is 0 Å². The van der Waals surface area contributed by atoms with E-state index in [-0.39, 0.29) is 12.3 Å². The Labute approximate surface area is 100 Å². The van der Waals surface area contributed by atoms with E-state index in [0.29, 0.717) is 6.42 Å². The Hall–Kier alpha value is -1.90. The van der Waals surface area contributed by atoms with Gasteiger partial charge in [-0.1, -0.05) is 31.2 Å². The zero-order chi connectivity index (χ0) is 12.3. The van der Waals surface area contributed by atoms with Gasteiger partial charge in [-0.2, -0.15) is 0 Å². The van der Waals surface area contributed by atoms with E-state index in [2.05, 4.69) is 4.98 Å². The van der Waals surface area contributed by atoms with Crippen molar-refractivity contribution in [2.24, 2.45) is 5.92 Å². The van der Waals surface area contributed by atoms with Crippen molar-refractivity contribution in [3.63, 3.8) is 0 Å². The van der Waals surface area contributed by atoms with E-state index in [1.54, 1.807) is 0 Å². The Balaban J connectivity index is 2.16. The molecule has 0 fully saturated rings. The zero-order valence-electron chi connectivity index (χ0n) is 9.76. The largest absolute Gasteiger partial charge is 0.481 e. The van der Waals surface area contributed by atoms with Crippen LogP contribution >= 0.6 is 0 Å². The second kappa shape index (κ2) is 4.95. The Morgan fingerprint density at radius 2 is 2.06 bits per heavy atom. The standard InChI is InChI=1S/C14H15NO2/c1-10(9-14(16)17)8-12-7-6-11-4-2-3-5-13(11)15-12/h2-7,10H,8-9H2,1H3,(H,16,17). The number of nitrogens with zero attached hydrogens (tertiary/aromatic N) is 1. The average Bonchev–Trinajstić information content (AvgIpc) is 2.27. The molecule has 0 radical (unpaired) electrons. The molecule has 0 amide bonds. The first-order valence-electron chi connectivity index (χ1n) is 5.71. The highest BCUT2D eigenvalue weighted by Crippen LogP contribution is 2.15. The first kappa shape index (κ1) is 11.6. The minimum atomic E-state index is -0.752. The first-order valence-corrected chi connectivity index (χ1v) is 5.71. The highest BCUT2D eigenvalue weighted by molar-refractivity contribution is 5.78. The van der Waals surface area contributed by atoms with Crippen LogP contribution in [0.3, 0.4) is 0 Å². The maximum Gasteiger partial charge on any atom is 0.303 e. The molecule has 0 saturated heterocycles. The number of fused-ring (bicyclic) bond motifs is 1. The summed E-state index contributed by atoms with van der Waals surface area (Å²) in [6, 6.07) is 11.9. The van der Waals surface area contributed by atoms with Crippen LogP contribution in [0.1, 0.15) is 19.0 Å². The molecule has 2 rings (SSSR count). The van der Waals surface area contributed by atoms with Gasteiger partial charge in [0.15, 0.2) is 0 Å². The zero-order valence-corrected chi connectivity index (χ0v) is 9.76. The third-order valence-electron chi connectivity index (χ3n) is 2.74. The molecule has 2 aromatic rings. The van der Waals surface area contributed by atoms with Gasteiger partial charge < -0.3 is 5.11 Å². The van der Waals surface area contributed by atoms with Crippen LogP contribution in [0.4, 0.5) is 0 Å². The van der Waals surface area contributed by atoms with Gasteiger partial charge in [-0.05, 0) is 24.5 Å². The van der Waals surface area contributed by atoms with Crippen LogP contribution in [0.15, 0.2) is 36.4 Å². The number of rotatable bonds is 4. The van der Waals surface area contributed by atoms with Crippen molar-refractivity contribution in [2.75, 3.05) is 0 Å². The Morgan fingerprint density at radius 3 is 2.82 bits per heavy atom. The summed E-state index contributed by atoms with van der Waals surface area (Å²) in [5.41, 5.74) is 1.92. The molecule has 17 heavy (non-hydrogen) atoms. The summed E-state index contributed by atoms with van der Waals surface area (Å²) >= 11 is 0. The molecule has 0 saturated carbocycles. The number of carboxylic acids is 1. The second-order valence-corrected chi connectivity index (χ2v) is 4.40. The lowest BCUT2D eigenvalue weighted by atomic mass is 10.0. The molecule has 88 valence electrons. The lowest BCUT2D eigenvalue weighted by Gasteiger charge is -2.08. The van der Waals surface area contributed by atoms with E-state index < -0.39 is 5.97 Å². The molecule has 1 aromatic heterocycles. The van der Waals surface area contributed by atoms with Crippen molar-refractivity contribution < 1.29 is 9.90 Å². The monoisotopic (exact) mass is 229 g/mol. The third-order valence-corrected chi connectivity index (χ3v) is 2.74. The van der Waals surface area contributed by atoms with Crippen LogP contribution in [-0.2, 0) is 11.2 Å². The van der Waals surface area contributed by atoms with E-state index >= 15 is 0 Å². The normalized spacial score (nSPS) is 12.5. The van der Waals surface area contributed by atoms with Crippen molar-refractivity contribution in [2.45, 2.75) is 19.8 Å². The van der Waals surface area contributed by atoms with Gasteiger partial charge in [0.2, 0.25) is 0 Å². The van der Waals surface area contributed by atoms with Gasteiger partial charge in [0.1, 0.15) is 0 Å². The quantitative estimate of drug-likeness (QED) is 0.877. The second-order valence-electron chi connectivity index (χ2n) is 4.40. The Kier molecular flexibility index (Phi) is 3.38. The minimum Gasteiger partial charge on any atom is -0.481 e. The fourth-order valence-electron chi connectivity index (χ4n) is 1.95. The van der Waals surface area contributed by atoms with Crippen LogP contribution < -0.4 is 0 Å². The highest BCUT2D eigenvalue weighted by atomic mass is 16.4. The smallest absolute Gasteiger partial charge is 0.303 e. The maximum atomic E-state index is 10.6. The topological polar surface area (TPSA) is 50.2 Å². The molecule has 3 heteroatoms. The number of hydrogen-bond acceptors (Lipinski definition) is 2. The fraction of sp³-hybridized carbons (Fsp3) is 0.286. The van der Waals surface area contributed by atoms with Crippen LogP contribution in [-0.4, -0.2) is 16.1 Å². The van der Waals surface area contributed by atoms with E-state index in [9.17, 15) is 4.79 Å². The van der Waals surface area contributed by atoms with Crippen molar-refractivity contribution in [1.82, 2.24) is 4.98 Å². The number of aliphatic carboxylic acids is 1. The van der Waals surface area contributed by atoms with Crippen molar-refractivity contribution >= 4 is 16.9 Å². The summed E-state index contributed by atoms with van der Waals surface area (Å²) in [4.78, 5) is 15.1.